The lowest BCUT2D eigenvalue weighted by atomic mass is 10.2. The Balaban J connectivity index is 1.54. The number of aryl methyl sites for hydroxylation is 1. The van der Waals surface area contributed by atoms with Crippen molar-refractivity contribution in [2.24, 2.45) is 0 Å². The van der Waals surface area contributed by atoms with E-state index in [4.69, 9.17) is 4.74 Å². The van der Waals surface area contributed by atoms with E-state index in [1.54, 1.807) is 24.3 Å². The highest BCUT2D eigenvalue weighted by atomic mass is 32.2. The van der Waals surface area contributed by atoms with Gasteiger partial charge in [0.25, 0.3) is 15.9 Å². The molecule has 0 bridgehead atoms. The highest BCUT2D eigenvalue weighted by molar-refractivity contribution is 7.92. The molecule has 0 aliphatic carbocycles. The molecule has 4 aromatic rings. The summed E-state index contributed by atoms with van der Waals surface area (Å²) < 4.78 is 35.1. The van der Waals surface area contributed by atoms with E-state index in [-0.39, 0.29) is 10.8 Å². The number of aromatic nitrogens is 2. The van der Waals surface area contributed by atoms with E-state index in [0.29, 0.717) is 29.5 Å². The van der Waals surface area contributed by atoms with E-state index >= 15 is 0 Å². The first kappa shape index (κ1) is 21.4. The van der Waals surface area contributed by atoms with Gasteiger partial charge in [0.2, 0.25) is 5.95 Å². The number of nitrogens with one attached hydrogen (secondary N) is 2. The standard InChI is InChI=1S/C23H22N4O4S/c1-3-27-20-10-6-4-8-18(20)24-23(27)25-22(28)16-12-14-17(15-13-16)32(29,30)26-19-9-5-7-11-21(19)31-2/h4-15,26H,3H2,1-2H3,(H,24,25,28). The maximum Gasteiger partial charge on any atom is 0.262 e. The van der Waals surface area contributed by atoms with Crippen molar-refractivity contribution in [3.8, 4) is 5.75 Å². The molecule has 0 spiro atoms. The van der Waals surface area contributed by atoms with Crippen LogP contribution < -0.4 is 14.8 Å². The zero-order valence-electron chi connectivity index (χ0n) is 17.6. The lowest BCUT2D eigenvalue weighted by Crippen LogP contribution is -2.17. The molecule has 9 heteroatoms. The average molecular weight is 451 g/mol. The molecule has 0 atom stereocenters. The summed E-state index contributed by atoms with van der Waals surface area (Å²) in [7, 11) is -2.39. The summed E-state index contributed by atoms with van der Waals surface area (Å²) in [5.41, 5.74) is 2.36. The minimum absolute atomic E-state index is 0.0285. The first-order valence-corrected chi connectivity index (χ1v) is 11.4. The van der Waals surface area contributed by atoms with Crippen LogP contribution in [0.1, 0.15) is 17.3 Å². The van der Waals surface area contributed by atoms with Gasteiger partial charge in [0.15, 0.2) is 0 Å². The van der Waals surface area contributed by atoms with Crippen LogP contribution in [-0.4, -0.2) is 31.0 Å². The smallest absolute Gasteiger partial charge is 0.262 e. The number of methoxy groups -OCH3 is 1. The zero-order chi connectivity index (χ0) is 22.7. The van der Waals surface area contributed by atoms with E-state index < -0.39 is 10.0 Å². The van der Waals surface area contributed by atoms with Gasteiger partial charge in [0.05, 0.1) is 28.7 Å². The number of anilines is 2. The SMILES string of the molecule is CCn1c(NC(=O)c2ccc(S(=O)(=O)Nc3ccccc3OC)cc2)nc2ccccc21. The normalized spacial score (nSPS) is 11.3. The molecule has 0 saturated carbocycles. The number of carbonyl (C=O) groups excluding carboxylic acids is 1. The largest absolute Gasteiger partial charge is 0.495 e. The maximum atomic E-state index is 12.7. The molecule has 4 rings (SSSR count). The molecular weight excluding hydrogens is 428 g/mol. The molecule has 3 aromatic carbocycles. The molecule has 1 aromatic heterocycles. The molecule has 0 saturated heterocycles. The number of hydrogen-bond donors (Lipinski definition) is 2. The summed E-state index contributed by atoms with van der Waals surface area (Å²) in [6, 6.07) is 20.0. The Kier molecular flexibility index (Phi) is 5.83. The quantitative estimate of drug-likeness (QED) is 0.441. The third-order valence-electron chi connectivity index (χ3n) is 4.97. The summed E-state index contributed by atoms with van der Waals surface area (Å²) in [5.74, 6) is 0.468. The van der Waals surface area contributed by atoms with Crippen LogP contribution in [0.4, 0.5) is 11.6 Å². The van der Waals surface area contributed by atoms with Gasteiger partial charge in [-0.2, -0.15) is 0 Å². The summed E-state index contributed by atoms with van der Waals surface area (Å²) in [6.45, 7) is 2.61. The van der Waals surface area contributed by atoms with Crippen molar-refractivity contribution in [2.45, 2.75) is 18.4 Å². The number of rotatable bonds is 7. The lowest BCUT2D eigenvalue weighted by Gasteiger charge is -2.12. The Morgan fingerprint density at radius 3 is 2.41 bits per heavy atom. The van der Waals surface area contributed by atoms with Crippen LogP contribution in [0.3, 0.4) is 0 Å². The number of carbonyl (C=O) groups is 1. The second-order valence-electron chi connectivity index (χ2n) is 6.95. The Morgan fingerprint density at radius 1 is 1.00 bits per heavy atom. The van der Waals surface area contributed by atoms with Crippen LogP contribution in [0.15, 0.2) is 77.7 Å². The molecule has 0 aliphatic rings. The first-order valence-electron chi connectivity index (χ1n) is 9.95. The fourth-order valence-corrected chi connectivity index (χ4v) is 4.45. The average Bonchev–Trinajstić information content (AvgIpc) is 3.16. The monoisotopic (exact) mass is 450 g/mol. The van der Waals surface area contributed by atoms with Crippen molar-refractivity contribution in [2.75, 3.05) is 17.1 Å². The van der Waals surface area contributed by atoms with E-state index in [1.807, 2.05) is 35.8 Å². The van der Waals surface area contributed by atoms with Crippen LogP contribution in [0.5, 0.6) is 5.75 Å². The number of hydrogen-bond acceptors (Lipinski definition) is 5. The minimum Gasteiger partial charge on any atom is -0.495 e. The summed E-state index contributed by atoms with van der Waals surface area (Å²) in [5, 5.41) is 2.81. The van der Waals surface area contributed by atoms with Gasteiger partial charge in [-0.05, 0) is 55.5 Å². The molecule has 32 heavy (non-hydrogen) atoms. The van der Waals surface area contributed by atoms with Gasteiger partial charge < -0.3 is 9.30 Å². The highest BCUT2D eigenvalue weighted by Gasteiger charge is 2.18. The third-order valence-corrected chi connectivity index (χ3v) is 6.36. The second kappa shape index (κ2) is 8.72. The number of amides is 1. The summed E-state index contributed by atoms with van der Waals surface area (Å²) in [4.78, 5) is 17.3. The lowest BCUT2D eigenvalue weighted by molar-refractivity contribution is 0.102. The number of benzene rings is 3. The van der Waals surface area contributed by atoms with E-state index in [1.165, 1.54) is 31.4 Å². The van der Waals surface area contributed by atoms with Crippen molar-refractivity contribution in [1.82, 2.24) is 9.55 Å². The highest BCUT2D eigenvalue weighted by Crippen LogP contribution is 2.26. The van der Waals surface area contributed by atoms with Crippen molar-refractivity contribution < 1.29 is 17.9 Å². The van der Waals surface area contributed by atoms with Gasteiger partial charge in [-0.15, -0.1) is 0 Å². The van der Waals surface area contributed by atoms with Crippen LogP contribution in [0.25, 0.3) is 11.0 Å². The molecule has 0 aliphatic heterocycles. The Labute approximate surface area is 185 Å². The number of nitrogens with zero attached hydrogens (tertiary/aromatic N) is 2. The molecule has 164 valence electrons. The molecule has 0 radical (unpaired) electrons. The minimum atomic E-state index is -3.85. The number of sulfonamides is 1. The van der Waals surface area contributed by atoms with Gasteiger partial charge in [-0.25, -0.2) is 13.4 Å². The number of imidazole rings is 1. The molecule has 0 unspecified atom stereocenters. The summed E-state index contributed by atoms with van der Waals surface area (Å²) in [6.07, 6.45) is 0. The van der Waals surface area contributed by atoms with Crippen molar-refractivity contribution in [1.29, 1.82) is 0 Å². The zero-order valence-corrected chi connectivity index (χ0v) is 18.4. The van der Waals surface area contributed by atoms with Gasteiger partial charge in [0, 0.05) is 12.1 Å². The third kappa shape index (κ3) is 4.15. The Bertz CT molecular complexity index is 1380. The number of fused-ring (bicyclic) bond motifs is 1. The summed E-state index contributed by atoms with van der Waals surface area (Å²) >= 11 is 0. The molecule has 0 fully saturated rings. The van der Waals surface area contributed by atoms with Crippen LogP contribution in [-0.2, 0) is 16.6 Å². The van der Waals surface area contributed by atoms with E-state index in [9.17, 15) is 13.2 Å². The van der Waals surface area contributed by atoms with Crippen molar-refractivity contribution in [3.05, 3.63) is 78.4 Å². The van der Waals surface area contributed by atoms with Crippen molar-refractivity contribution in [3.63, 3.8) is 0 Å². The van der Waals surface area contributed by atoms with Gasteiger partial charge in [0.1, 0.15) is 5.75 Å². The molecular formula is C23H22N4O4S. The molecule has 1 heterocycles. The van der Waals surface area contributed by atoms with Gasteiger partial charge in [-0.1, -0.05) is 24.3 Å². The fraction of sp³-hybridized carbons (Fsp3) is 0.130. The van der Waals surface area contributed by atoms with Crippen LogP contribution in [0.2, 0.25) is 0 Å². The van der Waals surface area contributed by atoms with Crippen molar-refractivity contribution >= 4 is 38.6 Å². The second-order valence-corrected chi connectivity index (χ2v) is 8.64. The first-order chi connectivity index (χ1) is 15.4. The molecule has 8 nitrogen and oxygen atoms in total. The molecule has 1 amide bonds. The fourth-order valence-electron chi connectivity index (χ4n) is 3.38. The van der Waals surface area contributed by atoms with E-state index in [0.717, 1.165) is 11.0 Å². The topological polar surface area (TPSA) is 102 Å². The van der Waals surface area contributed by atoms with Crippen LogP contribution >= 0.6 is 0 Å². The predicted molar refractivity (Wildman–Crippen MR) is 124 cm³/mol. The van der Waals surface area contributed by atoms with Crippen LogP contribution in [0, 0.1) is 0 Å². The predicted octanol–water partition coefficient (Wildman–Crippen LogP) is 4.12. The van der Waals surface area contributed by atoms with Gasteiger partial charge >= 0.3 is 0 Å². The molecule has 2 N–H and O–H groups in total. The Hall–Kier alpha value is -3.85. The number of ether oxygens (including phenoxy) is 1. The Morgan fingerprint density at radius 2 is 1.69 bits per heavy atom. The van der Waals surface area contributed by atoms with E-state index in [2.05, 4.69) is 15.0 Å². The maximum absolute atomic E-state index is 12.7. The van der Waals surface area contributed by atoms with Gasteiger partial charge in [-0.3, -0.25) is 14.8 Å². The number of para-hydroxylation sites is 4.